The molecular formula is C49H76N2O11. The van der Waals surface area contributed by atoms with Gasteiger partial charge >= 0.3 is 5.97 Å². The minimum Gasteiger partial charge on any atom is -0.462 e. The average Bonchev–Trinajstić information content (AvgIpc) is 3.83. The Bertz CT molecular complexity index is 1700. The van der Waals surface area contributed by atoms with Crippen LogP contribution in [0.15, 0.2) is 29.8 Å². The standard InChI is InChI=1S/C49H76N2O11/c1-12-30-17-14-18-38(62-40-20-19-37(51(7)8)28(5)58-40)27(4)44(53)36-23-33-32-21-31(61-49-48(57-11)47(56-10)46(55-9)29(6)59-49)22-35(32)45(54)43(41(33)34(36)24-39(52)60-30)50-42-25(2)15-13-16-26(42)3/h13,15-16,23,27-35,37-38,40-41,43,45-50,54H,12,14,17-22,24H2,1-11H3/t27-,28?,29?,30+,31+,32+,33+,34-,35-,37+,38+,40+,41-,43-,45-,46+,47-,48?,49+/m1/s1. The largest absolute Gasteiger partial charge is 0.462 e. The van der Waals surface area contributed by atoms with Gasteiger partial charge in [0.15, 0.2) is 18.4 Å². The molecule has 0 radical (unpaired) electrons. The summed E-state index contributed by atoms with van der Waals surface area (Å²) < 4.78 is 50.3. The quantitative estimate of drug-likeness (QED) is 0.238. The number of aliphatic hydroxyl groups excluding tert-OH is 1. The minimum absolute atomic E-state index is 0.00154. The lowest BCUT2D eigenvalue weighted by Gasteiger charge is -2.48. The van der Waals surface area contributed by atoms with Gasteiger partial charge in [-0.25, -0.2) is 0 Å². The average molecular weight is 869 g/mol. The summed E-state index contributed by atoms with van der Waals surface area (Å²) >= 11 is 0. The molecule has 1 aromatic carbocycles. The number of cyclic esters (lactones) is 1. The summed E-state index contributed by atoms with van der Waals surface area (Å²) in [6.07, 6.45) is 3.59. The summed E-state index contributed by atoms with van der Waals surface area (Å²) in [5.41, 5.74) is 3.75. The Morgan fingerprint density at radius 2 is 1.55 bits per heavy atom. The fourth-order valence-electron chi connectivity index (χ4n) is 12.4. The number of fused-ring (bicyclic) bond motifs is 5. The number of anilines is 1. The molecule has 0 spiro atoms. The molecule has 2 saturated carbocycles. The van der Waals surface area contributed by atoms with Crippen molar-refractivity contribution in [3.8, 4) is 0 Å². The van der Waals surface area contributed by atoms with Gasteiger partial charge in [0.25, 0.3) is 0 Å². The number of ketones is 1. The molecule has 0 aromatic heterocycles. The van der Waals surface area contributed by atoms with Crippen LogP contribution in [0, 0.1) is 49.4 Å². The molecule has 0 bridgehead atoms. The number of nitrogens with zero attached hydrogens (tertiary/aromatic N) is 1. The third kappa shape index (κ3) is 9.58. The molecule has 13 nitrogen and oxygen atoms in total. The van der Waals surface area contributed by atoms with Crippen LogP contribution >= 0.6 is 0 Å². The third-order valence-electron chi connectivity index (χ3n) is 15.7. The van der Waals surface area contributed by atoms with Gasteiger partial charge in [-0.1, -0.05) is 38.1 Å². The fraction of sp³-hybridized carbons (Fsp3) is 0.796. The van der Waals surface area contributed by atoms with Crippen LogP contribution in [-0.4, -0.2) is 137 Å². The number of carbonyl (C=O) groups is 2. The van der Waals surface area contributed by atoms with Crippen LogP contribution in [-0.2, 0) is 47.5 Å². The van der Waals surface area contributed by atoms with Crippen molar-refractivity contribution in [3.05, 3.63) is 41.0 Å². The molecule has 348 valence electrons. The van der Waals surface area contributed by atoms with Crippen LogP contribution in [0.2, 0.25) is 0 Å². The molecule has 3 aliphatic heterocycles. The molecule has 1 aromatic rings. The molecular weight excluding hydrogens is 793 g/mol. The van der Waals surface area contributed by atoms with E-state index in [-0.39, 0.29) is 78.5 Å². The first-order chi connectivity index (χ1) is 29.7. The summed E-state index contributed by atoms with van der Waals surface area (Å²) in [4.78, 5) is 31.5. The molecule has 2 N–H and O–H groups in total. The van der Waals surface area contributed by atoms with E-state index >= 15 is 4.79 Å². The number of esters is 1. The van der Waals surface area contributed by atoms with E-state index in [2.05, 4.69) is 70.2 Å². The SMILES string of the molecule is CC[C@H]1CCC[C@H](O[C@H]2CC[C@H](N(C)C)C(C)O2)[C@@H](C)C(=O)C2=C[C@H]3[C@@H]4C[C@H](O[C@@H]5OC(C)[C@H](OC)[C@@H](OC)C5OC)C[C@H]4[C@@H](O)[C@H](Nc4c(C)cccc4C)[C@H]3[C@@H]2CC(=O)O1. The number of carbonyl (C=O) groups excluding carboxylic acids is 2. The summed E-state index contributed by atoms with van der Waals surface area (Å²) in [6.45, 7) is 12.2. The normalized spacial score (nSPS) is 42.9. The molecule has 0 amide bonds. The van der Waals surface area contributed by atoms with Crippen LogP contribution in [0.1, 0.15) is 96.6 Å². The Labute approximate surface area is 370 Å². The zero-order valence-corrected chi connectivity index (χ0v) is 39.1. The second-order valence-electron chi connectivity index (χ2n) is 19.5. The number of rotatable bonds is 11. The maximum absolute atomic E-state index is 15.2. The van der Waals surface area contributed by atoms with Gasteiger partial charge in [0.1, 0.15) is 24.4 Å². The van der Waals surface area contributed by atoms with Gasteiger partial charge in [-0.3, -0.25) is 9.59 Å². The number of likely N-dealkylation sites (N-methyl/N-ethyl adjacent to an activating group) is 1. The fourth-order valence-corrected chi connectivity index (χ4v) is 12.4. The van der Waals surface area contributed by atoms with Crippen molar-refractivity contribution in [1.29, 1.82) is 0 Å². The monoisotopic (exact) mass is 869 g/mol. The van der Waals surface area contributed by atoms with E-state index in [0.29, 0.717) is 43.7 Å². The minimum atomic E-state index is -0.795. The lowest BCUT2D eigenvalue weighted by atomic mass is 9.62. The van der Waals surface area contributed by atoms with E-state index in [1.165, 1.54) is 0 Å². The number of hydrogen-bond donors (Lipinski definition) is 2. The Morgan fingerprint density at radius 3 is 2.19 bits per heavy atom. The van der Waals surface area contributed by atoms with Gasteiger partial charge < -0.3 is 53.2 Å². The van der Waals surface area contributed by atoms with Crippen LogP contribution in [0.5, 0.6) is 0 Å². The van der Waals surface area contributed by atoms with Gasteiger partial charge in [0.05, 0.1) is 43.0 Å². The Morgan fingerprint density at radius 1 is 0.855 bits per heavy atom. The summed E-state index contributed by atoms with van der Waals surface area (Å²) in [7, 11) is 9.08. The van der Waals surface area contributed by atoms with Crippen molar-refractivity contribution in [2.45, 2.75) is 179 Å². The lowest BCUT2D eigenvalue weighted by Crippen LogP contribution is -2.59. The zero-order chi connectivity index (χ0) is 44.6. The van der Waals surface area contributed by atoms with Crippen molar-refractivity contribution in [1.82, 2.24) is 4.90 Å². The summed E-state index contributed by atoms with van der Waals surface area (Å²) in [5.74, 6) is -1.80. The molecule has 62 heavy (non-hydrogen) atoms. The zero-order valence-electron chi connectivity index (χ0n) is 39.1. The summed E-state index contributed by atoms with van der Waals surface area (Å²) in [5, 5.41) is 16.6. The summed E-state index contributed by atoms with van der Waals surface area (Å²) in [6, 6.07) is 6.02. The number of para-hydroxylation sites is 1. The molecule has 19 atom stereocenters. The Hall–Kier alpha value is -2.46. The van der Waals surface area contributed by atoms with Crippen molar-refractivity contribution in [2.75, 3.05) is 40.7 Å². The van der Waals surface area contributed by atoms with Crippen molar-refractivity contribution in [2.24, 2.45) is 35.5 Å². The van der Waals surface area contributed by atoms with E-state index < -0.39 is 48.8 Å². The molecule has 3 aliphatic carbocycles. The van der Waals surface area contributed by atoms with E-state index in [4.69, 9.17) is 37.9 Å². The molecule has 5 fully saturated rings. The predicted octanol–water partition coefficient (Wildman–Crippen LogP) is 6.39. The number of Topliss-reactive ketones (excluding diaryl/α,β-unsaturated/α-hetero) is 1. The highest BCUT2D eigenvalue weighted by Gasteiger charge is 2.60. The number of benzene rings is 1. The van der Waals surface area contributed by atoms with E-state index in [0.717, 1.165) is 36.1 Å². The number of nitrogens with one attached hydrogen (secondary N) is 1. The smallest absolute Gasteiger partial charge is 0.306 e. The van der Waals surface area contributed by atoms with Crippen molar-refractivity contribution >= 4 is 17.4 Å². The van der Waals surface area contributed by atoms with Gasteiger partial charge in [-0.15, -0.1) is 0 Å². The van der Waals surface area contributed by atoms with Gasteiger partial charge in [-0.05, 0) is 134 Å². The number of aryl methyl sites for hydroxylation is 2. The highest BCUT2D eigenvalue weighted by Crippen LogP contribution is 2.58. The highest BCUT2D eigenvalue weighted by molar-refractivity contribution is 5.99. The van der Waals surface area contributed by atoms with Crippen LogP contribution < -0.4 is 5.32 Å². The molecule has 7 rings (SSSR count). The van der Waals surface area contributed by atoms with Crippen LogP contribution in [0.4, 0.5) is 5.69 Å². The van der Waals surface area contributed by atoms with E-state index in [1.54, 1.807) is 21.3 Å². The highest BCUT2D eigenvalue weighted by atomic mass is 16.7. The Balaban J connectivity index is 1.23. The van der Waals surface area contributed by atoms with Gasteiger partial charge in [0.2, 0.25) is 0 Å². The van der Waals surface area contributed by atoms with Gasteiger partial charge in [0, 0.05) is 44.9 Å². The second-order valence-corrected chi connectivity index (χ2v) is 19.5. The van der Waals surface area contributed by atoms with Gasteiger partial charge in [-0.2, -0.15) is 0 Å². The van der Waals surface area contributed by atoms with E-state index in [1.807, 2.05) is 19.9 Å². The molecule has 3 heterocycles. The number of hydrogen-bond acceptors (Lipinski definition) is 13. The maximum atomic E-state index is 15.2. The number of ether oxygens (including phenoxy) is 8. The van der Waals surface area contributed by atoms with Crippen LogP contribution in [0.3, 0.4) is 0 Å². The van der Waals surface area contributed by atoms with E-state index in [9.17, 15) is 9.90 Å². The van der Waals surface area contributed by atoms with Crippen molar-refractivity contribution in [3.63, 3.8) is 0 Å². The molecule has 3 unspecified atom stereocenters. The predicted molar refractivity (Wildman–Crippen MR) is 234 cm³/mol. The first kappa shape index (κ1) is 47.5. The molecule has 3 saturated heterocycles. The third-order valence-corrected chi connectivity index (χ3v) is 15.7. The second kappa shape index (κ2) is 20.4. The van der Waals surface area contributed by atoms with Crippen molar-refractivity contribution < 1.29 is 52.6 Å². The molecule has 6 aliphatic rings. The number of methoxy groups -OCH3 is 3. The molecule has 13 heteroatoms. The number of aliphatic hydroxyl groups is 1. The number of allylic oxidation sites excluding steroid dienone is 2. The van der Waals surface area contributed by atoms with Crippen LogP contribution in [0.25, 0.3) is 0 Å². The maximum Gasteiger partial charge on any atom is 0.306 e. The Kier molecular flexibility index (Phi) is 15.6. The lowest BCUT2D eigenvalue weighted by molar-refractivity contribution is -0.314. The first-order valence-electron chi connectivity index (χ1n) is 23.5. The first-order valence-corrected chi connectivity index (χ1v) is 23.5. The topological polar surface area (TPSA) is 143 Å².